The van der Waals surface area contributed by atoms with Crippen LogP contribution in [0.5, 0.6) is 11.5 Å². The molecule has 0 radical (unpaired) electrons. The number of carbonyl (C=O) groups is 2. The third kappa shape index (κ3) is 3.94. The minimum atomic E-state index is -0.356. The number of hydrogen-bond donors (Lipinski definition) is 0. The lowest BCUT2D eigenvalue weighted by Gasteiger charge is -2.26. The van der Waals surface area contributed by atoms with E-state index in [1.807, 2.05) is 0 Å². The largest absolute Gasteiger partial charge is 0.497 e. The van der Waals surface area contributed by atoms with Gasteiger partial charge in [0.1, 0.15) is 17.3 Å². The van der Waals surface area contributed by atoms with Crippen LogP contribution in [0, 0.1) is 6.92 Å². The second kappa shape index (κ2) is 7.94. The summed E-state index contributed by atoms with van der Waals surface area (Å²) in [5.41, 5.74) is 0.889. The molecule has 1 aliphatic heterocycles. The maximum atomic E-state index is 12.7. The molecule has 8 heteroatoms. The minimum absolute atomic E-state index is 0.186. The minimum Gasteiger partial charge on any atom is -0.497 e. The Morgan fingerprint density at radius 3 is 2.59 bits per heavy atom. The molecule has 8 nitrogen and oxygen atoms in total. The predicted octanol–water partition coefficient (Wildman–Crippen LogP) is 2.30. The Morgan fingerprint density at radius 1 is 1.15 bits per heavy atom. The Labute approximate surface area is 156 Å². The zero-order valence-electron chi connectivity index (χ0n) is 15.5. The molecule has 0 aliphatic carbocycles. The third-order valence-corrected chi connectivity index (χ3v) is 4.21. The van der Waals surface area contributed by atoms with Crippen molar-refractivity contribution in [2.75, 3.05) is 27.3 Å². The highest BCUT2D eigenvalue weighted by Gasteiger charge is 2.31. The van der Waals surface area contributed by atoms with Crippen molar-refractivity contribution in [2.45, 2.75) is 13.3 Å². The van der Waals surface area contributed by atoms with Gasteiger partial charge in [0.2, 0.25) is 0 Å². The normalized spacial score (nSPS) is 14.0. The van der Waals surface area contributed by atoms with Gasteiger partial charge in [-0.25, -0.2) is 10.0 Å². The van der Waals surface area contributed by atoms with Crippen molar-refractivity contribution < 1.29 is 23.6 Å². The van der Waals surface area contributed by atoms with Gasteiger partial charge in [-0.05, 0) is 37.6 Å². The summed E-state index contributed by atoms with van der Waals surface area (Å²) >= 11 is 0. The monoisotopic (exact) mass is 371 g/mol. The highest BCUT2D eigenvalue weighted by molar-refractivity contribution is 5.97. The topological polar surface area (TPSA) is 85.1 Å². The Bertz CT molecular complexity index is 874. The molecule has 1 aromatic heterocycles. The van der Waals surface area contributed by atoms with E-state index < -0.39 is 0 Å². The van der Waals surface area contributed by atoms with Crippen LogP contribution < -0.4 is 9.47 Å². The first kappa shape index (κ1) is 18.5. The number of aryl methyl sites for hydroxylation is 1. The molecule has 0 saturated carbocycles. The molecule has 2 aromatic rings. The summed E-state index contributed by atoms with van der Waals surface area (Å²) in [5, 5.41) is 6.54. The first-order valence-corrected chi connectivity index (χ1v) is 8.50. The number of hydrazine groups is 1. The van der Waals surface area contributed by atoms with Crippen molar-refractivity contribution in [2.24, 2.45) is 0 Å². The van der Waals surface area contributed by atoms with E-state index in [0.717, 1.165) is 0 Å². The molecule has 3 rings (SSSR count). The molecule has 2 heterocycles. The van der Waals surface area contributed by atoms with E-state index in [2.05, 4.69) is 5.16 Å². The van der Waals surface area contributed by atoms with Crippen molar-refractivity contribution in [1.29, 1.82) is 0 Å². The number of aromatic nitrogens is 1. The lowest BCUT2D eigenvalue weighted by molar-refractivity contribution is -0.134. The lowest BCUT2D eigenvalue weighted by Crippen LogP contribution is -2.44. The zero-order chi connectivity index (χ0) is 19.4. The number of ether oxygens (including phenoxy) is 2. The highest BCUT2D eigenvalue weighted by Crippen LogP contribution is 2.25. The average molecular weight is 371 g/mol. The summed E-state index contributed by atoms with van der Waals surface area (Å²) < 4.78 is 15.5. The van der Waals surface area contributed by atoms with Crippen LogP contribution in [0.25, 0.3) is 6.08 Å². The molecule has 0 atom stereocenters. The summed E-state index contributed by atoms with van der Waals surface area (Å²) in [4.78, 5) is 25.2. The fourth-order valence-corrected chi connectivity index (χ4v) is 2.87. The van der Waals surface area contributed by atoms with E-state index in [1.165, 1.54) is 16.1 Å². The molecule has 1 aromatic carbocycles. The van der Waals surface area contributed by atoms with Crippen LogP contribution >= 0.6 is 0 Å². The molecule has 1 saturated heterocycles. The van der Waals surface area contributed by atoms with Gasteiger partial charge in [-0.2, -0.15) is 0 Å². The van der Waals surface area contributed by atoms with Crippen molar-refractivity contribution in [3.05, 3.63) is 47.4 Å². The van der Waals surface area contributed by atoms with Gasteiger partial charge in [-0.3, -0.25) is 9.59 Å². The SMILES string of the molecule is COc1ccc(OC)c(C=CC(=O)N2CCCN2C(=O)c2cc(C)on2)c1. The van der Waals surface area contributed by atoms with Gasteiger partial charge in [0.15, 0.2) is 5.69 Å². The number of carbonyl (C=O) groups excluding carboxylic acids is 2. The Balaban J connectivity index is 1.77. The standard InChI is InChI=1S/C19H21N3O5/c1-13-11-16(20-27-13)19(24)22-10-4-9-21(22)18(23)8-5-14-12-15(25-2)6-7-17(14)26-3/h5-8,11-12H,4,9-10H2,1-3H3. The van der Waals surface area contributed by atoms with Crippen molar-refractivity contribution in [1.82, 2.24) is 15.2 Å². The fraction of sp³-hybridized carbons (Fsp3) is 0.316. The number of rotatable bonds is 5. The Morgan fingerprint density at radius 2 is 1.93 bits per heavy atom. The van der Waals surface area contributed by atoms with E-state index in [1.54, 1.807) is 51.5 Å². The number of benzene rings is 1. The van der Waals surface area contributed by atoms with Crippen LogP contribution in [0.15, 0.2) is 34.9 Å². The van der Waals surface area contributed by atoms with E-state index in [0.29, 0.717) is 42.3 Å². The first-order valence-electron chi connectivity index (χ1n) is 8.50. The fourth-order valence-electron chi connectivity index (χ4n) is 2.87. The van der Waals surface area contributed by atoms with E-state index in [-0.39, 0.29) is 17.5 Å². The molecule has 0 spiro atoms. The van der Waals surface area contributed by atoms with Crippen LogP contribution in [0.3, 0.4) is 0 Å². The van der Waals surface area contributed by atoms with Crippen LogP contribution in [0.2, 0.25) is 0 Å². The Hall–Kier alpha value is -3.29. The van der Waals surface area contributed by atoms with E-state index >= 15 is 0 Å². The lowest BCUT2D eigenvalue weighted by atomic mass is 10.1. The van der Waals surface area contributed by atoms with Gasteiger partial charge in [-0.1, -0.05) is 5.16 Å². The first-order chi connectivity index (χ1) is 13.0. The summed E-state index contributed by atoms with van der Waals surface area (Å²) in [6.45, 7) is 2.62. The van der Waals surface area contributed by atoms with E-state index in [9.17, 15) is 9.59 Å². The third-order valence-electron chi connectivity index (χ3n) is 4.21. The number of amides is 2. The van der Waals surface area contributed by atoms with Crippen molar-refractivity contribution in [3.63, 3.8) is 0 Å². The summed E-state index contributed by atoms with van der Waals surface area (Å²) in [6.07, 6.45) is 3.76. The molecular formula is C19H21N3O5. The van der Waals surface area contributed by atoms with Crippen molar-refractivity contribution in [3.8, 4) is 11.5 Å². The summed E-state index contributed by atoms with van der Waals surface area (Å²) in [7, 11) is 3.13. The van der Waals surface area contributed by atoms with Gasteiger partial charge in [0, 0.05) is 30.8 Å². The van der Waals surface area contributed by atoms with Crippen LogP contribution in [0.4, 0.5) is 0 Å². The zero-order valence-corrected chi connectivity index (χ0v) is 15.5. The molecule has 27 heavy (non-hydrogen) atoms. The number of methoxy groups -OCH3 is 2. The van der Waals surface area contributed by atoms with E-state index in [4.69, 9.17) is 14.0 Å². The van der Waals surface area contributed by atoms with Gasteiger partial charge in [0.25, 0.3) is 11.8 Å². The quantitative estimate of drug-likeness (QED) is 0.750. The summed E-state index contributed by atoms with van der Waals surface area (Å²) in [5.74, 6) is 1.16. The second-order valence-electron chi connectivity index (χ2n) is 6.01. The highest BCUT2D eigenvalue weighted by atomic mass is 16.5. The average Bonchev–Trinajstić information content (AvgIpc) is 3.34. The van der Waals surface area contributed by atoms with Crippen LogP contribution in [-0.2, 0) is 4.79 Å². The molecule has 0 unspecified atom stereocenters. The molecule has 1 aliphatic rings. The van der Waals surface area contributed by atoms with Gasteiger partial charge >= 0.3 is 0 Å². The molecule has 1 fully saturated rings. The van der Waals surface area contributed by atoms with Crippen molar-refractivity contribution >= 4 is 17.9 Å². The molecule has 142 valence electrons. The summed E-state index contributed by atoms with van der Waals surface area (Å²) in [6, 6.07) is 6.87. The Kier molecular flexibility index (Phi) is 5.44. The number of nitrogens with zero attached hydrogens (tertiary/aromatic N) is 3. The van der Waals surface area contributed by atoms with Crippen LogP contribution in [0.1, 0.15) is 28.2 Å². The molecule has 2 amide bonds. The maximum Gasteiger partial charge on any atom is 0.294 e. The van der Waals surface area contributed by atoms with Crippen LogP contribution in [-0.4, -0.2) is 54.3 Å². The van der Waals surface area contributed by atoms with Gasteiger partial charge < -0.3 is 14.0 Å². The van der Waals surface area contributed by atoms with Gasteiger partial charge in [0.05, 0.1) is 14.2 Å². The smallest absolute Gasteiger partial charge is 0.294 e. The predicted molar refractivity (Wildman–Crippen MR) is 97.2 cm³/mol. The van der Waals surface area contributed by atoms with Gasteiger partial charge in [-0.15, -0.1) is 0 Å². The second-order valence-corrected chi connectivity index (χ2v) is 6.01. The molecular weight excluding hydrogens is 350 g/mol. The number of hydrogen-bond acceptors (Lipinski definition) is 6. The molecule has 0 N–H and O–H groups in total. The maximum absolute atomic E-state index is 12.7. The molecule has 0 bridgehead atoms.